The van der Waals surface area contributed by atoms with Gasteiger partial charge in [-0.1, -0.05) is 23.7 Å². The number of rotatable bonds is 6. The van der Waals surface area contributed by atoms with Crippen molar-refractivity contribution in [1.29, 1.82) is 0 Å². The first-order valence-corrected chi connectivity index (χ1v) is 9.63. The van der Waals surface area contributed by atoms with Crippen molar-refractivity contribution >= 4 is 44.9 Å². The number of hydrogen-bond donors (Lipinski definition) is 2. The maximum Gasteiger partial charge on any atom is 0.341 e. The number of benzene rings is 1. The molecule has 138 valence electrons. The third-order valence-electron chi connectivity index (χ3n) is 3.11. The van der Waals surface area contributed by atoms with Gasteiger partial charge in [-0.3, -0.25) is 9.52 Å². The van der Waals surface area contributed by atoms with Gasteiger partial charge in [-0.05, 0) is 31.2 Å². The molecule has 0 aliphatic heterocycles. The summed E-state index contributed by atoms with van der Waals surface area (Å²) in [7, 11) is -3.58. The van der Waals surface area contributed by atoms with Gasteiger partial charge in [0.15, 0.2) is 11.3 Å². The minimum absolute atomic E-state index is 0.0167. The normalized spacial score (nSPS) is 12.1. The number of anilines is 2. The van der Waals surface area contributed by atoms with Gasteiger partial charge in [-0.2, -0.15) is 0 Å². The molecular weight excluding hydrogens is 382 g/mol. The number of amides is 1. The number of pyridine rings is 1. The van der Waals surface area contributed by atoms with E-state index in [4.69, 9.17) is 16.3 Å². The molecule has 0 spiro atoms. The number of nitrogens with one attached hydrogen (secondary N) is 2. The van der Waals surface area contributed by atoms with Gasteiger partial charge in [0.05, 0.1) is 23.2 Å². The number of nitrogens with zero attached hydrogens (tertiary/aromatic N) is 1. The summed E-state index contributed by atoms with van der Waals surface area (Å²) in [6, 6.07) is 9.05. The highest BCUT2D eigenvalue weighted by Crippen LogP contribution is 2.20. The van der Waals surface area contributed by atoms with E-state index < -0.39 is 28.0 Å². The Kier molecular flexibility index (Phi) is 6.17. The van der Waals surface area contributed by atoms with E-state index in [1.54, 1.807) is 24.3 Å². The molecule has 1 atom stereocenters. The van der Waals surface area contributed by atoms with Gasteiger partial charge in [0.25, 0.3) is 5.91 Å². The summed E-state index contributed by atoms with van der Waals surface area (Å²) in [5.74, 6) is -1.46. The van der Waals surface area contributed by atoms with Crippen LogP contribution < -0.4 is 10.0 Å². The van der Waals surface area contributed by atoms with Crippen LogP contribution in [0.3, 0.4) is 0 Å². The maximum atomic E-state index is 12.3. The van der Waals surface area contributed by atoms with Crippen LogP contribution in [0.15, 0.2) is 42.6 Å². The van der Waals surface area contributed by atoms with Crippen molar-refractivity contribution in [3.63, 3.8) is 0 Å². The van der Waals surface area contributed by atoms with Crippen LogP contribution in [0.25, 0.3) is 0 Å². The molecule has 0 bridgehead atoms. The summed E-state index contributed by atoms with van der Waals surface area (Å²) >= 11 is 5.86. The summed E-state index contributed by atoms with van der Waals surface area (Å²) in [6.07, 6.45) is 1.28. The number of aromatic nitrogens is 1. The van der Waals surface area contributed by atoms with Crippen LogP contribution in [0, 0.1) is 0 Å². The zero-order valence-electron chi connectivity index (χ0n) is 13.9. The van der Waals surface area contributed by atoms with Crippen LogP contribution in [0.5, 0.6) is 0 Å². The minimum atomic E-state index is -3.58. The van der Waals surface area contributed by atoms with E-state index in [0.29, 0.717) is 0 Å². The fourth-order valence-electron chi connectivity index (χ4n) is 1.94. The van der Waals surface area contributed by atoms with Gasteiger partial charge in [-0.15, -0.1) is 0 Å². The number of para-hydroxylation sites is 1. The quantitative estimate of drug-likeness (QED) is 0.571. The fraction of sp³-hybridized carbons (Fsp3) is 0.188. The molecule has 0 saturated carbocycles. The molecule has 0 unspecified atom stereocenters. The van der Waals surface area contributed by atoms with Crippen molar-refractivity contribution in [2.24, 2.45) is 0 Å². The molecule has 0 fully saturated rings. The van der Waals surface area contributed by atoms with Gasteiger partial charge >= 0.3 is 5.97 Å². The maximum absolute atomic E-state index is 12.3. The Morgan fingerprint density at radius 1 is 1.15 bits per heavy atom. The van der Waals surface area contributed by atoms with Crippen LogP contribution in [-0.2, 0) is 19.6 Å². The van der Waals surface area contributed by atoms with Crippen molar-refractivity contribution in [3.05, 3.63) is 53.3 Å². The molecule has 1 aromatic carbocycles. The van der Waals surface area contributed by atoms with Crippen LogP contribution in [0.4, 0.5) is 11.4 Å². The number of esters is 1. The number of carbonyl (C=O) groups excluding carboxylic acids is 2. The highest BCUT2D eigenvalue weighted by molar-refractivity contribution is 7.92. The molecule has 0 radical (unpaired) electrons. The van der Waals surface area contributed by atoms with Crippen molar-refractivity contribution in [2.45, 2.75) is 13.0 Å². The third kappa shape index (κ3) is 5.43. The van der Waals surface area contributed by atoms with Gasteiger partial charge in [0, 0.05) is 6.20 Å². The van der Waals surface area contributed by atoms with Crippen molar-refractivity contribution in [1.82, 2.24) is 4.98 Å². The van der Waals surface area contributed by atoms with Crippen LogP contribution >= 0.6 is 11.6 Å². The Morgan fingerprint density at radius 2 is 1.81 bits per heavy atom. The van der Waals surface area contributed by atoms with Crippen molar-refractivity contribution in [3.8, 4) is 0 Å². The summed E-state index contributed by atoms with van der Waals surface area (Å²) in [6.45, 7) is 1.38. The number of hydrogen-bond acceptors (Lipinski definition) is 6. The number of sulfonamides is 1. The van der Waals surface area contributed by atoms with Gasteiger partial charge < -0.3 is 10.1 Å². The summed E-state index contributed by atoms with van der Waals surface area (Å²) in [5.41, 5.74) is 0.320. The molecule has 26 heavy (non-hydrogen) atoms. The van der Waals surface area contributed by atoms with Crippen molar-refractivity contribution in [2.75, 3.05) is 16.3 Å². The first-order valence-electron chi connectivity index (χ1n) is 7.36. The summed E-state index contributed by atoms with van der Waals surface area (Å²) in [4.78, 5) is 28.3. The highest BCUT2D eigenvalue weighted by atomic mass is 35.5. The van der Waals surface area contributed by atoms with Gasteiger partial charge in [0.1, 0.15) is 0 Å². The molecule has 8 nitrogen and oxygen atoms in total. The van der Waals surface area contributed by atoms with Crippen LogP contribution in [0.2, 0.25) is 5.15 Å². The molecular formula is C16H16ClN3O5S. The molecule has 1 amide bonds. The van der Waals surface area contributed by atoms with E-state index in [2.05, 4.69) is 15.0 Å². The Morgan fingerprint density at radius 3 is 2.46 bits per heavy atom. The number of carbonyl (C=O) groups is 2. The zero-order valence-corrected chi connectivity index (χ0v) is 15.5. The lowest BCUT2D eigenvalue weighted by atomic mass is 10.2. The monoisotopic (exact) mass is 397 g/mol. The molecule has 2 aromatic rings. The SMILES string of the molecule is C[C@@H](OC(=O)c1ccccc1NS(C)(=O)=O)C(=O)Nc1cccnc1Cl. The lowest BCUT2D eigenvalue weighted by Gasteiger charge is -2.15. The van der Waals surface area contributed by atoms with E-state index in [9.17, 15) is 18.0 Å². The second-order valence-electron chi connectivity index (χ2n) is 5.30. The smallest absolute Gasteiger partial charge is 0.341 e. The van der Waals surface area contributed by atoms with E-state index in [1.807, 2.05) is 0 Å². The number of ether oxygens (including phenoxy) is 1. The second-order valence-corrected chi connectivity index (χ2v) is 7.40. The molecule has 0 aliphatic rings. The molecule has 0 saturated heterocycles. The summed E-state index contributed by atoms with van der Waals surface area (Å²) in [5, 5.41) is 2.60. The first-order chi connectivity index (χ1) is 12.2. The van der Waals surface area contributed by atoms with Crippen molar-refractivity contribution < 1.29 is 22.7 Å². The molecule has 2 rings (SSSR count). The Balaban J connectivity index is 2.10. The Labute approximate surface area is 155 Å². The topological polar surface area (TPSA) is 114 Å². The zero-order chi connectivity index (χ0) is 19.3. The molecule has 10 heteroatoms. The van der Waals surface area contributed by atoms with Gasteiger partial charge in [-0.25, -0.2) is 18.2 Å². The Bertz CT molecular complexity index is 933. The van der Waals surface area contributed by atoms with Gasteiger partial charge in [0.2, 0.25) is 10.0 Å². The van der Waals surface area contributed by atoms with E-state index >= 15 is 0 Å². The predicted octanol–water partition coefficient (Wildman–Crippen LogP) is 2.29. The lowest BCUT2D eigenvalue weighted by molar-refractivity contribution is -0.123. The summed E-state index contributed by atoms with van der Waals surface area (Å²) < 4.78 is 30.1. The van der Waals surface area contributed by atoms with Crippen LogP contribution in [-0.4, -0.2) is 37.6 Å². The average molecular weight is 398 g/mol. The average Bonchev–Trinajstić information content (AvgIpc) is 2.55. The molecule has 2 N–H and O–H groups in total. The molecule has 1 heterocycles. The van der Waals surface area contributed by atoms with E-state index in [1.165, 1.54) is 25.3 Å². The van der Waals surface area contributed by atoms with E-state index in [0.717, 1.165) is 6.26 Å². The van der Waals surface area contributed by atoms with E-state index in [-0.39, 0.29) is 22.1 Å². The largest absolute Gasteiger partial charge is 0.449 e. The minimum Gasteiger partial charge on any atom is -0.449 e. The highest BCUT2D eigenvalue weighted by Gasteiger charge is 2.22. The number of halogens is 1. The fourth-order valence-corrected chi connectivity index (χ4v) is 2.69. The molecule has 1 aromatic heterocycles. The first kappa shape index (κ1) is 19.7. The van der Waals surface area contributed by atoms with Crippen LogP contribution in [0.1, 0.15) is 17.3 Å². The lowest BCUT2D eigenvalue weighted by Crippen LogP contribution is -2.30. The third-order valence-corrected chi connectivity index (χ3v) is 4.00. The predicted molar refractivity (Wildman–Crippen MR) is 97.7 cm³/mol. The Hall–Kier alpha value is -2.65. The standard InChI is InChI=1S/C16H16ClN3O5S/c1-10(15(21)19-13-8-5-9-18-14(13)17)25-16(22)11-6-3-4-7-12(11)20-26(2,23)24/h3-10,20H,1-2H3,(H,19,21)/t10-/m1/s1. The molecule has 0 aliphatic carbocycles. The second kappa shape index (κ2) is 8.15.